The Bertz CT molecular complexity index is 618. The lowest BCUT2D eigenvalue weighted by Gasteiger charge is -2.32. The number of amides is 1. The topological polar surface area (TPSA) is 105 Å². The second kappa shape index (κ2) is 6.18. The number of sulfone groups is 1. The van der Waals surface area contributed by atoms with Crippen LogP contribution < -0.4 is 16.0 Å². The van der Waals surface area contributed by atoms with Gasteiger partial charge in [0.15, 0.2) is 15.7 Å². The molecule has 2 heterocycles. The van der Waals surface area contributed by atoms with Crippen LogP contribution in [0, 0.1) is 5.92 Å². The number of anilines is 2. The summed E-state index contributed by atoms with van der Waals surface area (Å²) in [6.45, 7) is 3.67. The van der Waals surface area contributed by atoms with Gasteiger partial charge in [-0.3, -0.25) is 4.79 Å². The summed E-state index contributed by atoms with van der Waals surface area (Å²) in [5.41, 5.74) is 5.69. The SMILES string of the molecule is CC(=O)NCC1CCN(c2snc(N)c2S(C)(=O)=O)CC1. The molecule has 0 aliphatic carbocycles. The fraction of sp³-hybridized carbons (Fsp3) is 0.667. The minimum absolute atomic E-state index is 0.0213. The number of piperidine rings is 1. The quantitative estimate of drug-likeness (QED) is 0.831. The van der Waals surface area contributed by atoms with Gasteiger partial charge in [0.25, 0.3) is 0 Å². The number of carbonyl (C=O) groups is 1. The maximum absolute atomic E-state index is 11.8. The van der Waals surface area contributed by atoms with Crippen molar-refractivity contribution in [3.8, 4) is 0 Å². The molecular weight excluding hydrogens is 312 g/mol. The van der Waals surface area contributed by atoms with Crippen LogP contribution in [0.5, 0.6) is 0 Å². The smallest absolute Gasteiger partial charge is 0.216 e. The lowest BCUT2D eigenvalue weighted by Crippen LogP contribution is -2.38. The number of nitrogens with one attached hydrogen (secondary N) is 1. The van der Waals surface area contributed by atoms with Gasteiger partial charge in [-0.1, -0.05) is 0 Å². The Kier molecular flexibility index (Phi) is 4.72. The Labute approximate surface area is 128 Å². The average Bonchev–Trinajstić information content (AvgIpc) is 2.79. The number of carbonyl (C=O) groups excluding carboxylic acids is 1. The third-order valence-corrected chi connectivity index (χ3v) is 5.77. The van der Waals surface area contributed by atoms with E-state index in [0.29, 0.717) is 17.5 Å². The molecule has 7 nitrogen and oxygen atoms in total. The van der Waals surface area contributed by atoms with Gasteiger partial charge in [-0.25, -0.2) is 8.42 Å². The highest BCUT2D eigenvalue weighted by Crippen LogP contribution is 2.36. The highest BCUT2D eigenvalue weighted by molar-refractivity contribution is 7.91. The first kappa shape index (κ1) is 16.0. The Morgan fingerprint density at radius 3 is 2.62 bits per heavy atom. The van der Waals surface area contributed by atoms with E-state index in [1.165, 1.54) is 6.92 Å². The minimum Gasteiger partial charge on any atom is -0.382 e. The van der Waals surface area contributed by atoms with Crippen molar-refractivity contribution in [2.75, 3.05) is 36.5 Å². The molecule has 0 unspecified atom stereocenters. The molecule has 1 aromatic rings. The Morgan fingerprint density at radius 2 is 2.10 bits per heavy atom. The van der Waals surface area contributed by atoms with Crippen LogP contribution in [0.4, 0.5) is 10.8 Å². The van der Waals surface area contributed by atoms with E-state index in [1.54, 1.807) is 0 Å². The number of nitrogens with zero attached hydrogens (tertiary/aromatic N) is 2. The summed E-state index contributed by atoms with van der Waals surface area (Å²) in [4.78, 5) is 13.1. The Balaban J connectivity index is 2.05. The van der Waals surface area contributed by atoms with Crippen molar-refractivity contribution in [2.45, 2.75) is 24.7 Å². The molecule has 118 valence electrons. The zero-order valence-electron chi connectivity index (χ0n) is 12.1. The van der Waals surface area contributed by atoms with Gasteiger partial charge < -0.3 is 16.0 Å². The number of aromatic nitrogens is 1. The zero-order chi connectivity index (χ0) is 15.6. The molecule has 2 rings (SSSR count). The third-order valence-electron chi connectivity index (χ3n) is 3.57. The van der Waals surface area contributed by atoms with Crippen LogP contribution >= 0.6 is 11.5 Å². The molecule has 1 aliphatic rings. The summed E-state index contributed by atoms with van der Waals surface area (Å²) in [7, 11) is -3.38. The summed E-state index contributed by atoms with van der Waals surface area (Å²) in [5.74, 6) is 0.488. The summed E-state index contributed by atoms with van der Waals surface area (Å²) in [6, 6.07) is 0. The highest BCUT2D eigenvalue weighted by Gasteiger charge is 2.28. The molecule has 1 aliphatic heterocycles. The van der Waals surface area contributed by atoms with Crippen LogP contribution in [0.15, 0.2) is 4.90 Å². The van der Waals surface area contributed by atoms with Gasteiger partial charge in [-0.2, -0.15) is 4.37 Å². The Hall–Kier alpha value is -1.35. The molecule has 0 spiro atoms. The minimum atomic E-state index is -3.38. The molecule has 0 aromatic carbocycles. The van der Waals surface area contributed by atoms with Crippen molar-refractivity contribution >= 4 is 38.1 Å². The van der Waals surface area contributed by atoms with Gasteiger partial charge in [0, 0.05) is 32.8 Å². The van der Waals surface area contributed by atoms with E-state index in [4.69, 9.17) is 5.73 Å². The molecule has 0 radical (unpaired) electrons. The van der Waals surface area contributed by atoms with Crippen molar-refractivity contribution in [1.29, 1.82) is 0 Å². The van der Waals surface area contributed by atoms with E-state index in [-0.39, 0.29) is 16.6 Å². The number of hydrogen-bond acceptors (Lipinski definition) is 7. The van der Waals surface area contributed by atoms with E-state index >= 15 is 0 Å². The van der Waals surface area contributed by atoms with Gasteiger partial charge in [0.2, 0.25) is 5.91 Å². The summed E-state index contributed by atoms with van der Waals surface area (Å²) in [5, 5.41) is 3.46. The normalized spacial score (nSPS) is 17.0. The zero-order valence-corrected chi connectivity index (χ0v) is 13.8. The molecule has 1 saturated heterocycles. The lowest BCUT2D eigenvalue weighted by atomic mass is 9.97. The lowest BCUT2D eigenvalue weighted by molar-refractivity contribution is -0.119. The average molecular weight is 332 g/mol. The number of hydrogen-bond donors (Lipinski definition) is 2. The second-order valence-corrected chi connectivity index (χ2v) is 8.05. The third kappa shape index (κ3) is 3.85. The Morgan fingerprint density at radius 1 is 1.48 bits per heavy atom. The maximum atomic E-state index is 11.8. The number of nitrogen functional groups attached to an aromatic ring is 1. The van der Waals surface area contributed by atoms with E-state index in [0.717, 1.165) is 43.7 Å². The molecule has 1 fully saturated rings. The fourth-order valence-electron chi connectivity index (χ4n) is 2.46. The summed E-state index contributed by atoms with van der Waals surface area (Å²) in [6.07, 6.45) is 2.96. The van der Waals surface area contributed by atoms with Crippen molar-refractivity contribution in [3.05, 3.63) is 0 Å². The van der Waals surface area contributed by atoms with Crippen LogP contribution in [0.2, 0.25) is 0 Å². The van der Waals surface area contributed by atoms with E-state index < -0.39 is 9.84 Å². The van der Waals surface area contributed by atoms with Crippen molar-refractivity contribution < 1.29 is 13.2 Å². The maximum Gasteiger partial charge on any atom is 0.216 e. The van der Waals surface area contributed by atoms with Gasteiger partial charge in [0.05, 0.1) is 0 Å². The van der Waals surface area contributed by atoms with Gasteiger partial charge >= 0.3 is 0 Å². The fourth-order valence-corrected chi connectivity index (χ4v) is 4.72. The first-order valence-corrected chi connectivity index (χ1v) is 9.40. The summed E-state index contributed by atoms with van der Waals surface area (Å²) < 4.78 is 27.6. The van der Waals surface area contributed by atoms with Crippen LogP contribution in [-0.2, 0) is 14.6 Å². The molecule has 0 atom stereocenters. The second-order valence-electron chi connectivity index (χ2n) is 5.34. The van der Waals surface area contributed by atoms with E-state index in [1.807, 2.05) is 4.90 Å². The van der Waals surface area contributed by atoms with Gasteiger partial charge in [-0.05, 0) is 30.3 Å². The monoisotopic (exact) mass is 332 g/mol. The molecule has 1 aromatic heterocycles. The molecule has 21 heavy (non-hydrogen) atoms. The first-order valence-electron chi connectivity index (χ1n) is 6.73. The first-order chi connectivity index (χ1) is 9.79. The number of rotatable bonds is 4. The van der Waals surface area contributed by atoms with Crippen LogP contribution in [0.1, 0.15) is 19.8 Å². The van der Waals surface area contributed by atoms with Crippen LogP contribution in [0.25, 0.3) is 0 Å². The van der Waals surface area contributed by atoms with E-state index in [9.17, 15) is 13.2 Å². The molecule has 0 saturated carbocycles. The highest BCUT2D eigenvalue weighted by atomic mass is 32.2. The van der Waals surface area contributed by atoms with Crippen LogP contribution in [-0.4, -0.2) is 44.6 Å². The van der Waals surface area contributed by atoms with Crippen LogP contribution in [0.3, 0.4) is 0 Å². The standard InChI is InChI=1S/C12H20N4O3S2/c1-8(17)14-7-9-3-5-16(6-4-9)12-10(21(2,18)19)11(13)15-20-12/h9H,3-7H2,1-2H3,(H2,13,15)(H,14,17). The van der Waals surface area contributed by atoms with Gasteiger partial charge in [0.1, 0.15) is 9.90 Å². The molecule has 3 N–H and O–H groups in total. The predicted molar refractivity (Wildman–Crippen MR) is 83.3 cm³/mol. The van der Waals surface area contributed by atoms with Crippen molar-refractivity contribution in [1.82, 2.24) is 9.69 Å². The van der Waals surface area contributed by atoms with Crippen molar-refractivity contribution in [3.63, 3.8) is 0 Å². The van der Waals surface area contributed by atoms with E-state index in [2.05, 4.69) is 9.69 Å². The molecule has 1 amide bonds. The number of nitrogens with two attached hydrogens (primary N) is 1. The predicted octanol–water partition coefficient (Wildman–Crippen LogP) is 0.481. The van der Waals surface area contributed by atoms with Gasteiger partial charge in [-0.15, -0.1) is 0 Å². The summed E-state index contributed by atoms with van der Waals surface area (Å²) >= 11 is 1.13. The largest absolute Gasteiger partial charge is 0.382 e. The van der Waals surface area contributed by atoms with Crippen molar-refractivity contribution in [2.24, 2.45) is 5.92 Å². The molecule has 9 heteroatoms. The molecular formula is C12H20N4O3S2. The molecule has 0 bridgehead atoms.